The van der Waals surface area contributed by atoms with Crippen molar-refractivity contribution in [3.8, 4) is 0 Å². The van der Waals surface area contributed by atoms with Crippen LogP contribution in [0, 0.1) is 0 Å². The molecule has 0 radical (unpaired) electrons. The quantitative estimate of drug-likeness (QED) is 0.547. The van der Waals surface area contributed by atoms with E-state index in [4.69, 9.17) is 0 Å². The third-order valence-corrected chi connectivity index (χ3v) is 0. The minimum atomic E-state index is 0. The second kappa shape index (κ2) is 18.7. The summed E-state index contributed by atoms with van der Waals surface area (Å²) in [6, 6.07) is 0. The molecule has 0 amide bonds. The van der Waals surface area contributed by atoms with Crippen LogP contribution in [0.15, 0.2) is 0 Å². The van der Waals surface area contributed by atoms with Gasteiger partial charge in [-0.2, -0.15) is 0 Å². The largest absolute Gasteiger partial charge is 3.00 e. The van der Waals surface area contributed by atoms with Crippen molar-refractivity contribution in [3.63, 3.8) is 0 Å². The van der Waals surface area contributed by atoms with Gasteiger partial charge in [0.1, 0.15) is 0 Å². The smallest absolute Gasteiger partial charge is 2.00 e. The Hall–Kier alpha value is 2.25. The minimum absolute atomic E-state index is 0. The Labute approximate surface area is 74.7 Å². The third kappa shape index (κ3) is 8.87. The molecule has 1 nitrogen and oxygen atoms in total. The Morgan fingerprint density at radius 2 is 1.00 bits per heavy atom. The fourth-order valence-corrected chi connectivity index (χ4v) is 0. The van der Waals surface area contributed by atoms with Crippen molar-refractivity contribution in [2.45, 2.75) is 0 Å². The predicted octanol–water partition coefficient (Wildman–Crippen LogP) is -0.126. The van der Waals surface area contributed by atoms with Gasteiger partial charge >= 0.3 is 49.2 Å². The zero-order valence-electron chi connectivity index (χ0n) is 1.71. The summed E-state index contributed by atoms with van der Waals surface area (Å²) in [5, 5.41) is 0. The molecule has 0 aromatic carbocycles. The summed E-state index contributed by atoms with van der Waals surface area (Å²) in [6.07, 6.45) is 0. The van der Waals surface area contributed by atoms with Gasteiger partial charge in [-0.25, -0.2) is 0 Å². The van der Waals surface area contributed by atoms with Crippen molar-refractivity contribution >= 4 is 0 Å². The number of hydrogen-bond acceptors (Lipinski definition) is 0. The van der Waals surface area contributed by atoms with Crippen LogP contribution in [0.2, 0.25) is 0 Å². The van der Waals surface area contributed by atoms with Crippen LogP contribution in [0.25, 0.3) is 0 Å². The van der Waals surface area contributed by atoms with Crippen LogP contribution in [0.1, 0.15) is 0 Å². The molecular weight excluding hydrogens is 347 g/mol. The zero-order chi connectivity index (χ0) is 0. The molecule has 0 rings (SSSR count). The van der Waals surface area contributed by atoms with Gasteiger partial charge in [0.25, 0.3) is 0 Å². The summed E-state index contributed by atoms with van der Waals surface area (Å²) >= 11 is 0. The summed E-state index contributed by atoms with van der Waals surface area (Å²) in [6.45, 7) is 0. The van der Waals surface area contributed by atoms with E-state index in [2.05, 4.69) is 0 Å². The van der Waals surface area contributed by atoms with Crippen molar-refractivity contribution < 1.29 is 75.7 Å². The van der Waals surface area contributed by atoms with Crippen LogP contribution in [0.4, 0.5) is 0 Å². The first-order valence-corrected chi connectivity index (χ1v) is 0. The zero-order valence-corrected chi connectivity index (χ0v) is 8.47. The molecule has 0 aliphatic rings. The fourth-order valence-electron chi connectivity index (χ4n) is 0. The van der Waals surface area contributed by atoms with E-state index in [-0.39, 0.29) is 75.7 Å². The van der Waals surface area contributed by atoms with Crippen molar-refractivity contribution in [2.24, 2.45) is 0 Å². The van der Waals surface area contributed by atoms with Gasteiger partial charge in [0.05, 0.1) is 0 Å². The van der Waals surface area contributed by atoms with E-state index >= 15 is 0 Å². The van der Waals surface area contributed by atoms with Crippen LogP contribution in [0.3, 0.4) is 0 Å². The average molecular weight is 347 g/mol. The summed E-state index contributed by atoms with van der Waals surface area (Å²) in [5.41, 5.74) is 0. The van der Waals surface area contributed by atoms with E-state index in [9.17, 15) is 0 Å². The van der Waals surface area contributed by atoms with Crippen molar-refractivity contribution in [1.29, 1.82) is 0 Å². The first-order valence-electron chi connectivity index (χ1n) is 0. The van der Waals surface area contributed by atoms with Gasteiger partial charge in [-0.05, 0) is 0 Å². The molecule has 0 saturated heterocycles. The van der Waals surface area contributed by atoms with Crippen LogP contribution >= 0.6 is 0 Å². The SMILES string of the molecule is [Ni+2].[O-2].[W].[Y+3]. The number of hydrogen-bond donors (Lipinski definition) is 0. The Morgan fingerprint density at radius 1 is 1.00 bits per heavy atom. The molecule has 0 spiro atoms. The predicted molar refractivity (Wildman–Crippen MR) is 0.686 cm³/mol. The van der Waals surface area contributed by atoms with Gasteiger partial charge in [-0.3, -0.25) is 0 Å². The molecular formula is NiOWY+3. The maximum absolute atomic E-state index is 0. The molecule has 0 heterocycles. The second-order valence-corrected chi connectivity index (χ2v) is 0. The second-order valence-electron chi connectivity index (χ2n) is 0. The monoisotopic (exact) mass is 347 g/mol. The molecule has 0 atom stereocenters. The van der Waals surface area contributed by atoms with Gasteiger partial charge < -0.3 is 5.48 Å². The summed E-state index contributed by atoms with van der Waals surface area (Å²) in [7, 11) is 0. The van der Waals surface area contributed by atoms with Crippen LogP contribution in [0.5, 0.6) is 0 Å². The van der Waals surface area contributed by atoms with Gasteiger partial charge in [0.15, 0.2) is 0 Å². The van der Waals surface area contributed by atoms with Gasteiger partial charge in [-0.1, -0.05) is 0 Å². The molecule has 0 aromatic heterocycles. The Morgan fingerprint density at radius 3 is 1.00 bits per heavy atom. The topological polar surface area (TPSA) is 28.5 Å². The molecule has 0 aromatic rings. The molecule has 0 bridgehead atoms. The van der Waals surface area contributed by atoms with Crippen molar-refractivity contribution in [1.82, 2.24) is 0 Å². The van der Waals surface area contributed by atoms with E-state index in [1.807, 2.05) is 0 Å². The van der Waals surface area contributed by atoms with Crippen LogP contribution < -0.4 is 0 Å². The number of rotatable bonds is 0. The van der Waals surface area contributed by atoms with E-state index in [1.54, 1.807) is 0 Å². The molecule has 4 heavy (non-hydrogen) atoms. The minimum Gasteiger partial charge on any atom is -2.00 e. The summed E-state index contributed by atoms with van der Waals surface area (Å²) in [5.74, 6) is 0. The first kappa shape index (κ1) is 34.1. The van der Waals surface area contributed by atoms with Gasteiger partial charge in [0, 0.05) is 21.1 Å². The molecule has 22 valence electrons. The molecule has 0 aliphatic heterocycles. The molecule has 0 fully saturated rings. The molecule has 0 N–H and O–H groups in total. The first-order chi connectivity index (χ1) is 0. The van der Waals surface area contributed by atoms with Crippen molar-refractivity contribution in [3.05, 3.63) is 0 Å². The van der Waals surface area contributed by atoms with Crippen LogP contribution in [-0.4, -0.2) is 0 Å². The van der Waals surface area contributed by atoms with E-state index in [1.165, 1.54) is 0 Å². The van der Waals surface area contributed by atoms with E-state index in [0.717, 1.165) is 0 Å². The maximum atomic E-state index is 0. The molecule has 0 unspecified atom stereocenters. The average Bonchev–Trinajstić information content (AvgIpc) is 0. The van der Waals surface area contributed by atoms with E-state index in [0.29, 0.717) is 0 Å². The Balaban J connectivity index is 0. The molecule has 4 heteroatoms. The van der Waals surface area contributed by atoms with Gasteiger partial charge in [0.2, 0.25) is 0 Å². The van der Waals surface area contributed by atoms with Crippen molar-refractivity contribution in [2.75, 3.05) is 0 Å². The Bertz CT molecular complexity index is 8.00. The van der Waals surface area contributed by atoms with Crippen LogP contribution in [-0.2, 0) is 75.7 Å². The van der Waals surface area contributed by atoms with E-state index < -0.39 is 0 Å². The summed E-state index contributed by atoms with van der Waals surface area (Å²) < 4.78 is 0. The molecule has 0 aliphatic carbocycles. The van der Waals surface area contributed by atoms with Gasteiger partial charge in [-0.15, -0.1) is 0 Å². The standard InChI is InChI=1S/Ni.O.W.Y/q+2;-2;;+3. The fraction of sp³-hybridized carbons (Fsp3) is 0. The maximum Gasteiger partial charge on any atom is 3.00 e. The summed E-state index contributed by atoms with van der Waals surface area (Å²) in [4.78, 5) is 0. The Kier molecular flexibility index (Phi) is 160. The molecule has 0 saturated carbocycles. The normalized spacial score (nSPS) is 0. The third-order valence-electron chi connectivity index (χ3n) is 0.